The number of fused-ring (bicyclic) bond motifs is 4. The van der Waals surface area contributed by atoms with E-state index in [1.54, 1.807) is 12.1 Å². The van der Waals surface area contributed by atoms with Gasteiger partial charge in [-0.25, -0.2) is 9.18 Å². The quantitative estimate of drug-likeness (QED) is 0.752. The molecule has 3 N–H and O–H groups in total. The molecule has 1 aromatic carbocycles. The van der Waals surface area contributed by atoms with Gasteiger partial charge in [0.25, 0.3) is 0 Å². The van der Waals surface area contributed by atoms with E-state index >= 15 is 0 Å². The molecule has 5 nitrogen and oxygen atoms in total. The normalized spacial score (nSPS) is 47.3. The summed E-state index contributed by atoms with van der Waals surface area (Å²) in [5.74, 6) is 1.57. The second kappa shape index (κ2) is 6.27. The fraction of sp³-hybridized carbons (Fsp3) is 0.692. The van der Waals surface area contributed by atoms with Crippen molar-refractivity contribution in [2.75, 3.05) is 0 Å². The van der Waals surface area contributed by atoms with E-state index in [2.05, 4.69) is 10.2 Å². The number of piperidine rings is 1. The van der Waals surface area contributed by atoms with Crippen LogP contribution in [0.5, 0.6) is 0 Å². The Balaban J connectivity index is 1.08. The number of primary amides is 1. The standard InChI is InChI=1S/C26H32FN3O2/c27-19-3-1-2-14(7-19)15-8-20-4-5-21(9-15)30(20)24(32)29-22-16-6-18-13-26(23(28)31)12-17(22)11-25(18,26)10-16/h1-3,7,15-18,20-22H,4-6,8-13H2,(H2,28,31)(H,29,32)/t15?,16?,17?,18?,20-,21+,22-,25?,26+/m0/s1. The predicted molar refractivity (Wildman–Crippen MR) is 117 cm³/mol. The van der Waals surface area contributed by atoms with E-state index < -0.39 is 0 Å². The Morgan fingerprint density at radius 2 is 1.78 bits per heavy atom. The second-order valence-corrected chi connectivity index (χ2v) is 11.9. The molecule has 32 heavy (non-hydrogen) atoms. The number of nitrogens with zero attached hydrogens (tertiary/aromatic N) is 1. The molecule has 9 atom stereocenters. The lowest BCUT2D eigenvalue weighted by Crippen LogP contribution is -2.58. The molecule has 5 unspecified atom stereocenters. The number of nitrogens with one attached hydrogen (secondary N) is 1. The predicted octanol–water partition coefficient (Wildman–Crippen LogP) is 3.93. The average Bonchev–Trinajstić information content (AvgIpc) is 3.26. The maximum absolute atomic E-state index is 13.7. The van der Waals surface area contributed by atoms with Crippen LogP contribution in [0.3, 0.4) is 0 Å². The van der Waals surface area contributed by atoms with Crippen molar-refractivity contribution >= 4 is 11.9 Å². The van der Waals surface area contributed by atoms with Crippen molar-refractivity contribution in [3.63, 3.8) is 0 Å². The molecule has 4 aliphatic carbocycles. The molecule has 2 heterocycles. The number of hydrogen-bond acceptors (Lipinski definition) is 2. The molecule has 1 aromatic rings. The van der Waals surface area contributed by atoms with Gasteiger partial charge in [0.1, 0.15) is 5.82 Å². The van der Waals surface area contributed by atoms with Crippen molar-refractivity contribution in [3.8, 4) is 0 Å². The summed E-state index contributed by atoms with van der Waals surface area (Å²) in [5, 5.41) is 3.48. The summed E-state index contributed by atoms with van der Waals surface area (Å²) in [7, 11) is 0. The first-order valence-electron chi connectivity index (χ1n) is 12.5. The largest absolute Gasteiger partial charge is 0.369 e. The summed E-state index contributed by atoms with van der Waals surface area (Å²) in [6, 6.07) is 7.73. The third-order valence-corrected chi connectivity index (χ3v) is 10.8. The van der Waals surface area contributed by atoms with Crippen molar-refractivity contribution in [2.24, 2.45) is 34.3 Å². The molecule has 0 aromatic heterocycles. The molecular formula is C26H32FN3O2. The zero-order valence-electron chi connectivity index (χ0n) is 18.4. The molecule has 0 radical (unpaired) electrons. The topological polar surface area (TPSA) is 75.4 Å². The van der Waals surface area contributed by atoms with Crippen LogP contribution in [0.2, 0.25) is 0 Å². The summed E-state index contributed by atoms with van der Waals surface area (Å²) in [6.07, 6.45) is 9.04. The van der Waals surface area contributed by atoms with Gasteiger partial charge in [0, 0.05) is 18.1 Å². The summed E-state index contributed by atoms with van der Waals surface area (Å²) in [4.78, 5) is 28.1. The van der Waals surface area contributed by atoms with E-state index in [1.165, 1.54) is 6.07 Å². The van der Waals surface area contributed by atoms with Gasteiger partial charge in [-0.15, -0.1) is 0 Å². The Morgan fingerprint density at radius 3 is 2.50 bits per heavy atom. The number of urea groups is 1. The maximum Gasteiger partial charge on any atom is 0.318 e. The zero-order chi connectivity index (χ0) is 21.8. The first kappa shape index (κ1) is 19.4. The van der Waals surface area contributed by atoms with Gasteiger partial charge >= 0.3 is 6.03 Å². The van der Waals surface area contributed by atoms with E-state index in [1.807, 2.05) is 6.07 Å². The minimum atomic E-state index is -0.293. The minimum Gasteiger partial charge on any atom is -0.369 e. The number of amides is 3. The van der Waals surface area contributed by atoms with Crippen LogP contribution in [0, 0.1) is 34.4 Å². The van der Waals surface area contributed by atoms with Gasteiger partial charge < -0.3 is 16.0 Å². The van der Waals surface area contributed by atoms with Gasteiger partial charge in [0.05, 0.1) is 5.41 Å². The van der Waals surface area contributed by atoms with E-state index in [9.17, 15) is 14.0 Å². The SMILES string of the molecule is NC(=O)[C@]12CC3CC14CC(CC4C2)[C@@H]3NC(=O)N1[C@@H]2CC[C@H]1CC(c1cccc(F)c1)C2. The van der Waals surface area contributed by atoms with Crippen molar-refractivity contribution < 1.29 is 14.0 Å². The van der Waals surface area contributed by atoms with Gasteiger partial charge in [0.2, 0.25) is 5.91 Å². The Labute approximate surface area is 188 Å². The van der Waals surface area contributed by atoms with Gasteiger partial charge in [-0.1, -0.05) is 12.1 Å². The lowest BCUT2D eigenvalue weighted by Gasteiger charge is -2.57. The first-order valence-corrected chi connectivity index (χ1v) is 12.5. The molecule has 5 bridgehead atoms. The third kappa shape index (κ3) is 2.29. The zero-order valence-corrected chi connectivity index (χ0v) is 18.4. The molecule has 6 fully saturated rings. The molecule has 6 aliphatic rings. The van der Waals surface area contributed by atoms with Crippen LogP contribution in [0.1, 0.15) is 69.3 Å². The van der Waals surface area contributed by atoms with E-state index in [4.69, 9.17) is 5.73 Å². The summed E-state index contributed by atoms with van der Waals surface area (Å²) >= 11 is 0. The number of rotatable bonds is 3. The molecule has 7 rings (SSSR count). The van der Waals surface area contributed by atoms with Crippen molar-refractivity contribution in [1.29, 1.82) is 0 Å². The molecule has 170 valence electrons. The maximum atomic E-state index is 13.7. The van der Waals surface area contributed by atoms with Gasteiger partial charge in [0.15, 0.2) is 0 Å². The highest BCUT2D eigenvalue weighted by Crippen LogP contribution is 2.81. The number of benzene rings is 1. The van der Waals surface area contributed by atoms with Crippen LogP contribution < -0.4 is 11.1 Å². The van der Waals surface area contributed by atoms with E-state index in [-0.39, 0.29) is 46.7 Å². The van der Waals surface area contributed by atoms with Crippen LogP contribution in [0.15, 0.2) is 24.3 Å². The molecule has 2 saturated heterocycles. The number of halogens is 1. The third-order valence-electron chi connectivity index (χ3n) is 10.8. The molecular weight excluding hydrogens is 405 g/mol. The van der Waals surface area contributed by atoms with Crippen molar-refractivity contribution in [2.45, 2.75) is 81.8 Å². The molecule has 1 spiro atoms. The summed E-state index contributed by atoms with van der Waals surface area (Å²) in [6.45, 7) is 0. The van der Waals surface area contributed by atoms with Gasteiger partial charge in [-0.3, -0.25) is 4.79 Å². The van der Waals surface area contributed by atoms with Gasteiger partial charge in [-0.05, 0) is 105 Å². The Morgan fingerprint density at radius 1 is 1.03 bits per heavy atom. The summed E-state index contributed by atoms with van der Waals surface area (Å²) < 4.78 is 13.7. The fourth-order valence-corrected chi connectivity index (χ4v) is 9.74. The number of nitrogens with two attached hydrogens (primary N) is 1. The van der Waals surface area contributed by atoms with Crippen LogP contribution >= 0.6 is 0 Å². The second-order valence-electron chi connectivity index (χ2n) is 11.9. The smallest absolute Gasteiger partial charge is 0.318 e. The Kier molecular flexibility index (Phi) is 3.79. The highest BCUT2D eigenvalue weighted by Gasteiger charge is 2.78. The average molecular weight is 438 g/mol. The minimum absolute atomic E-state index is 0.0910. The van der Waals surface area contributed by atoms with Crippen LogP contribution in [-0.2, 0) is 4.79 Å². The number of hydrogen-bond donors (Lipinski definition) is 2. The monoisotopic (exact) mass is 437 g/mol. The van der Waals surface area contributed by atoms with E-state index in [0.29, 0.717) is 23.7 Å². The first-order chi connectivity index (χ1) is 15.4. The number of carbonyl (C=O) groups is 2. The molecule has 3 amide bonds. The molecule has 2 aliphatic heterocycles. The number of carbonyl (C=O) groups excluding carboxylic acids is 2. The van der Waals surface area contributed by atoms with Gasteiger partial charge in [-0.2, -0.15) is 0 Å². The van der Waals surface area contributed by atoms with Crippen LogP contribution in [-0.4, -0.2) is 35.0 Å². The highest BCUT2D eigenvalue weighted by atomic mass is 19.1. The highest BCUT2D eigenvalue weighted by molar-refractivity contribution is 5.84. The van der Waals surface area contributed by atoms with Crippen molar-refractivity contribution in [1.82, 2.24) is 10.2 Å². The molecule has 4 saturated carbocycles. The fourth-order valence-electron chi connectivity index (χ4n) is 9.74. The lowest BCUT2D eigenvalue weighted by atomic mass is 9.46. The van der Waals surface area contributed by atoms with E-state index in [0.717, 1.165) is 63.4 Å². The Bertz CT molecular complexity index is 997. The summed E-state index contributed by atoms with van der Waals surface area (Å²) in [5.41, 5.74) is 6.85. The molecule has 6 heteroatoms. The Hall–Kier alpha value is -2.11. The van der Waals surface area contributed by atoms with Crippen LogP contribution in [0.4, 0.5) is 9.18 Å². The van der Waals surface area contributed by atoms with Crippen molar-refractivity contribution in [3.05, 3.63) is 35.6 Å². The lowest BCUT2D eigenvalue weighted by molar-refractivity contribution is -0.157. The van der Waals surface area contributed by atoms with Crippen LogP contribution in [0.25, 0.3) is 0 Å².